The number of rotatable bonds is 9. The molecule has 180 valence electrons. The van der Waals surface area contributed by atoms with Crippen LogP contribution >= 0.6 is 0 Å². The Morgan fingerprint density at radius 1 is 0.882 bits per heavy atom. The highest BCUT2D eigenvalue weighted by atomic mass is 16.5. The van der Waals surface area contributed by atoms with Crippen LogP contribution in [0.1, 0.15) is 37.8 Å². The fourth-order valence-corrected chi connectivity index (χ4v) is 3.99. The molecule has 0 aromatic heterocycles. The van der Waals surface area contributed by atoms with Crippen molar-refractivity contribution in [3.8, 4) is 11.1 Å². The molecular weight excluding hydrogens is 438 g/mol. The van der Waals surface area contributed by atoms with Crippen LogP contribution < -0.4 is 16.0 Å². The molecule has 0 spiro atoms. The number of fused-ring (bicyclic) bond motifs is 3. The Balaban J connectivity index is 1.60. The van der Waals surface area contributed by atoms with E-state index in [0.717, 1.165) is 22.3 Å². The lowest BCUT2D eigenvalue weighted by molar-refractivity contribution is -0.138. The highest BCUT2D eigenvalue weighted by molar-refractivity contribution is 5.92. The van der Waals surface area contributed by atoms with Crippen LogP contribution in [0.25, 0.3) is 11.1 Å². The molecule has 3 rings (SSSR count). The number of hydrogen-bond acceptors (Lipinski definition) is 5. The molecule has 0 saturated carbocycles. The van der Waals surface area contributed by atoms with Gasteiger partial charge in [0, 0.05) is 5.92 Å². The number of carboxylic acids is 1. The van der Waals surface area contributed by atoms with E-state index in [4.69, 9.17) is 9.84 Å². The molecule has 2 aromatic carbocycles. The SMILES string of the molecule is CC(NC(=O)C(NC(=O)OCC1c2ccccc2-c2ccccc21)C(C)C)C(=O)NCC(=O)O. The molecule has 1 aliphatic rings. The molecule has 0 radical (unpaired) electrons. The highest BCUT2D eigenvalue weighted by Crippen LogP contribution is 2.44. The fourth-order valence-electron chi connectivity index (χ4n) is 3.99. The van der Waals surface area contributed by atoms with Crippen molar-refractivity contribution in [1.82, 2.24) is 16.0 Å². The van der Waals surface area contributed by atoms with Crippen LogP contribution in [0.5, 0.6) is 0 Å². The van der Waals surface area contributed by atoms with Gasteiger partial charge in [0.25, 0.3) is 0 Å². The van der Waals surface area contributed by atoms with Crippen LogP contribution in [-0.2, 0) is 19.1 Å². The Labute approximate surface area is 197 Å². The molecule has 3 amide bonds. The smallest absolute Gasteiger partial charge is 0.407 e. The predicted octanol–water partition coefficient (Wildman–Crippen LogP) is 2.26. The predicted molar refractivity (Wildman–Crippen MR) is 125 cm³/mol. The van der Waals surface area contributed by atoms with E-state index in [9.17, 15) is 19.2 Å². The summed E-state index contributed by atoms with van der Waals surface area (Å²) in [4.78, 5) is 47.8. The van der Waals surface area contributed by atoms with Crippen molar-refractivity contribution in [3.63, 3.8) is 0 Å². The summed E-state index contributed by atoms with van der Waals surface area (Å²) in [5.41, 5.74) is 4.38. The minimum atomic E-state index is -1.19. The van der Waals surface area contributed by atoms with Gasteiger partial charge in [-0.05, 0) is 35.1 Å². The third-order valence-corrected chi connectivity index (χ3v) is 5.73. The van der Waals surface area contributed by atoms with E-state index >= 15 is 0 Å². The second-order valence-corrected chi connectivity index (χ2v) is 8.53. The third-order valence-electron chi connectivity index (χ3n) is 5.73. The zero-order valence-electron chi connectivity index (χ0n) is 19.3. The van der Waals surface area contributed by atoms with Crippen molar-refractivity contribution in [1.29, 1.82) is 0 Å². The summed E-state index contributed by atoms with van der Waals surface area (Å²) in [6.45, 7) is 4.50. The normalized spacial score (nSPS) is 13.9. The molecule has 0 heterocycles. The molecule has 2 atom stereocenters. The molecule has 9 heteroatoms. The first-order valence-corrected chi connectivity index (χ1v) is 11.1. The summed E-state index contributed by atoms with van der Waals surface area (Å²) < 4.78 is 5.51. The molecule has 2 unspecified atom stereocenters. The van der Waals surface area contributed by atoms with Crippen molar-refractivity contribution < 1.29 is 29.0 Å². The standard InChI is InChI=1S/C25H29N3O6/c1-14(2)22(24(32)27-15(3)23(31)26-12-21(29)30)28-25(33)34-13-20-18-10-6-4-8-16(18)17-9-5-7-11-19(17)20/h4-11,14-15,20,22H,12-13H2,1-3H3,(H,26,31)(H,27,32)(H,28,33)(H,29,30). The van der Waals surface area contributed by atoms with Crippen LogP contribution in [-0.4, -0.2) is 54.2 Å². The van der Waals surface area contributed by atoms with Crippen molar-refractivity contribution in [2.24, 2.45) is 5.92 Å². The van der Waals surface area contributed by atoms with Gasteiger partial charge in [0.05, 0.1) is 0 Å². The minimum absolute atomic E-state index is 0.109. The van der Waals surface area contributed by atoms with Crippen molar-refractivity contribution in [3.05, 3.63) is 59.7 Å². The molecule has 4 N–H and O–H groups in total. The Morgan fingerprint density at radius 3 is 1.97 bits per heavy atom. The minimum Gasteiger partial charge on any atom is -0.480 e. The second kappa shape index (κ2) is 10.8. The van der Waals surface area contributed by atoms with Gasteiger partial charge in [0.2, 0.25) is 11.8 Å². The number of alkyl carbamates (subject to hydrolysis) is 1. The van der Waals surface area contributed by atoms with Crippen LogP contribution in [0.15, 0.2) is 48.5 Å². The number of carbonyl (C=O) groups excluding carboxylic acids is 3. The van der Waals surface area contributed by atoms with Gasteiger partial charge >= 0.3 is 12.1 Å². The van der Waals surface area contributed by atoms with Gasteiger partial charge in [0.15, 0.2) is 0 Å². The monoisotopic (exact) mass is 467 g/mol. The fraction of sp³-hybridized carbons (Fsp3) is 0.360. The summed E-state index contributed by atoms with van der Waals surface area (Å²) in [5, 5.41) is 15.9. The maximum Gasteiger partial charge on any atom is 0.407 e. The molecule has 0 saturated heterocycles. The maximum atomic E-state index is 12.7. The van der Waals surface area contributed by atoms with E-state index < -0.39 is 42.5 Å². The van der Waals surface area contributed by atoms with Crippen molar-refractivity contribution in [2.75, 3.05) is 13.2 Å². The molecular formula is C25H29N3O6. The Morgan fingerprint density at radius 2 is 1.44 bits per heavy atom. The molecule has 0 aliphatic heterocycles. The summed E-state index contributed by atoms with van der Waals surface area (Å²) in [5.74, 6) is -2.79. The first-order chi connectivity index (χ1) is 16.2. The number of nitrogens with one attached hydrogen (secondary N) is 3. The van der Waals surface area contributed by atoms with Crippen molar-refractivity contribution >= 4 is 23.9 Å². The van der Waals surface area contributed by atoms with Crippen LogP contribution in [0, 0.1) is 5.92 Å². The summed E-state index contributed by atoms with van der Waals surface area (Å²) in [6.07, 6.45) is -0.737. The third kappa shape index (κ3) is 5.72. The number of carbonyl (C=O) groups is 4. The number of ether oxygens (including phenoxy) is 1. The number of hydrogen-bond donors (Lipinski definition) is 4. The van der Waals surface area contributed by atoms with E-state index in [1.807, 2.05) is 48.5 Å². The zero-order chi connectivity index (χ0) is 24.8. The average Bonchev–Trinajstić information content (AvgIpc) is 3.13. The number of aliphatic carboxylic acids is 1. The summed E-state index contributed by atoms with van der Waals surface area (Å²) in [7, 11) is 0. The van der Waals surface area contributed by atoms with E-state index in [0.29, 0.717) is 0 Å². The van der Waals surface area contributed by atoms with Gasteiger partial charge in [-0.15, -0.1) is 0 Å². The summed E-state index contributed by atoms with van der Waals surface area (Å²) >= 11 is 0. The molecule has 34 heavy (non-hydrogen) atoms. The first-order valence-electron chi connectivity index (χ1n) is 11.1. The van der Waals surface area contributed by atoms with Crippen molar-refractivity contribution in [2.45, 2.75) is 38.8 Å². The number of benzene rings is 2. The molecule has 1 aliphatic carbocycles. The van der Waals surface area contributed by atoms with Gasteiger partial charge in [0.1, 0.15) is 25.2 Å². The maximum absolute atomic E-state index is 12.7. The summed E-state index contributed by atoms with van der Waals surface area (Å²) in [6, 6.07) is 14.0. The Kier molecular flexibility index (Phi) is 7.88. The topological polar surface area (TPSA) is 134 Å². The quantitative estimate of drug-likeness (QED) is 0.447. The van der Waals surface area contributed by atoms with Crippen LogP contribution in [0.2, 0.25) is 0 Å². The molecule has 2 aromatic rings. The average molecular weight is 468 g/mol. The van der Waals surface area contributed by atoms with Crippen LogP contribution in [0.3, 0.4) is 0 Å². The lowest BCUT2D eigenvalue weighted by Crippen LogP contribution is -2.54. The lowest BCUT2D eigenvalue weighted by atomic mass is 9.98. The largest absolute Gasteiger partial charge is 0.480 e. The van der Waals surface area contributed by atoms with Gasteiger partial charge in [-0.25, -0.2) is 4.79 Å². The van der Waals surface area contributed by atoms with Gasteiger partial charge < -0.3 is 25.8 Å². The lowest BCUT2D eigenvalue weighted by Gasteiger charge is -2.24. The molecule has 0 fully saturated rings. The van der Waals surface area contributed by atoms with Gasteiger partial charge in [-0.3, -0.25) is 14.4 Å². The molecule has 9 nitrogen and oxygen atoms in total. The van der Waals surface area contributed by atoms with E-state index in [1.165, 1.54) is 6.92 Å². The Hall–Kier alpha value is -3.88. The molecule has 0 bridgehead atoms. The Bertz CT molecular complexity index is 1040. The highest BCUT2D eigenvalue weighted by Gasteiger charge is 2.31. The van der Waals surface area contributed by atoms with Crippen LogP contribution in [0.4, 0.5) is 4.79 Å². The zero-order valence-corrected chi connectivity index (χ0v) is 19.3. The number of amides is 3. The van der Waals surface area contributed by atoms with Gasteiger partial charge in [-0.2, -0.15) is 0 Å². The number of carboxylic acid groups (broad SMARTS) is 1. The van der Waals surface area contributed by atoms with E-state index in [1.54, 1.807) is 13.8 Å². The van der Waals surface area contributed by atoms with E-state index in [-0.39, 0.29) is 18.4 Å². The van der Waals surface area contributed by atoms with E-state index in [2.05, 4.69) is 16.0 Å². The first kappa shape index (κ1) is 24.8. The van der Waals surface area contributed by atoms with Gasteiger partial charge in [-0.1, -0.05) is 62.4 Å². The second-order valence-electron chi connectivity index (χ2n) is 8.53.